The van der Waals surface area contributed by atoms with Gasteiger partial charge in [-0.25, -0.2) is 4.98 Å². The van der Waals surface area contributed by atoms with Gasteiger partial charge in [0.2, 0.25) is 11.8 Å². The van der Waals surface area contributed by atoms with Crippen LogP contribution in [0.25, 0.3) is 0 Å². The molecule has 2 saturated heterocycles. The molecule has 3 rings (SSSR count). The van der Waals surface area contributed by atoms with Gasteiger partial charge in [-0.1, -0.05) is 0 Å². The Kier molecular flexibility index (Phi) is 4.99. The quantitative estimate of drug-likeness (QED) is 0.780. The molecule has 2 aliphatic rings. The number of aryl methyl sites for hydroxylation is 1. The van der Waals surface area contributed by atoms with E-state index >= 15 is 0 Å². The van der Waals surface area contributed by atoms with Crippen LogP contribution in [0.2, 0.25) is 0 Å². The molecular formula is C17H23N3O3S. The average Bonchev–Trinajstić information content (AvgIpc) is 3.14. The van der Waals surface area contributed by atoms with Gasteiger partial charge in [0.05, 0.1) is 22.1 Å². The molecule has 2 fully saturated rings. The number of thiazole rings is 1. The van der Waals surface area contributed by atoms with E-state index in [9.17, 15) is 14.4 Å². The van der Waals surface area contributed by atoms with Gasteiger partial charge in [-0.05, 0) is 26.2 Å². The molecule has 2 amide bonds. The Labute approximate surface area is 145 Å². The molecular weight excluding hydrogens is 326 g/mol. The summed E-state index contributed by atoms with van der Waals surface area (Å²) in [5.74, 6) is 0.523. The van der Waals surface area contributed by atoms with Crippen LogP contribution in [0.5, 0.6) is 0 Å². The topological polar surface area (TPSA) is 70.6 Å². The van der Waals surface area contributed by atoms with Crippen LogP contribution in [0.4, 0.5) is 0 Å². The highest BCUT2D eigenvalue weighted by Gasteiger charge is 2.29. The van der Waals surface area contributed by atoms with Crippen molar-refractivity contribution in [2.24, 2.45) is 0 Å². The van der Waals surface area contributed by atoms with Gasteiger partial charge < -0.3 is 9.80 Å². The second kappa shape index (κ2) is 7.01. The Morgan fingerprint density at radius 2 is 1.96 bits per heavy atom. The molecule has 7 heteroatoms. The number of hydrogen-bond acceptors (Lipinski definition) is 5. The van der Waals surface area contributed by atoms with Gasteiger partial charge in [0.15, 0.2) is 5.78 Å². The van der Waals surface area contributed by atoms with Gasteiger partial charge in [-0.15, -0.1) is 11.3 Å². The van der Waals surface area contributed by atoms with Crippen LogP contribution < -0.4 is 0 Å². The molecule has 3 heterocycles. The number of Topliss-reactive ketones (excluding diaryl/α,β-unsaturated/α-hetero) is 1. The lowest BCUT2D eigenvalue weighted by Gasteiger charge is -2.32. The predicted octanol–water partition coefficient (Wildman–Crippen LogP) is 1.98. The molecule has 0 aromatic carbocycles. The molecule has 24 heavy (non-hydrogen) atoms. The van der Waals surface area contributed by atoms with E-state index in [0.717, 1.165) is 34.8 Å². The molecule has 0 aliphatic carbocycles. The molecule has 130 valence electrons. The number of rotatable bonds is 4. The lowest BCUT2D eigenvalue weighted by molar-refractivity contribution is -0.139. The van der Waals surface area contributed by atoms with Gasteiger partial charge in [-0.2, -0.15) is 0 Å². The molecule has 0 unspecified atom stereocenters. The van der Waals surface area contributed by atoms with Crippen LogP contribution in [0.15, 0.2) is 0 Å². The third-order valence-corrected chi connectivity index (χ3v) is 6.25. The second-order valence-electron chi connectivity index (χ2n) is 6.60. The predicted molar refractivity (Wildman–Crippen MR) is 91.2 cm³/mol. The van der Waals surface area contributed by atoms with Gasteiger partial charge in [-0.3, -0.25) is 14.4 Å². The molecule has 1 aromatic rings. The van der Waals surface area contributed by atoms with Crippen molar-refractivity contribution in [2.75, 3.05) is 26.2 Å². The van der Waals surface area contributed by atoms with Crippen LogP contribution in [-0.4, -0.2) is 58.6 Å². The number of likely N-dealkylation sites (tertiary alicyclic amines) is 2. The number of carbonyl (C=O) groups excluding carboxylic acids is 3. The van der Waals surface area contributed by atoms with Crippen LogP contribution in [0.1, 0.15) is 58.9 Å². The molecule has 0 atom stereocenters. The van der Waals surface area contributed by atoms with Crippen molar-refractivity contribution >= 4 is 28.9 Å². The van der Waals surface area contributed by atoms with Crippen molar-refractivity contribution in [2.45, 2.75) is 45.4 Å². The van der Waals surface area contributed by atoms with Crippen LogP contribution >= 0.6 is 11.3 Å². The summed E-state index contributed by atoms with van der Waals surface area (Å²) in [6.07, 6.45) is 3.15. The van der Waals surface area contributed by atoms with E-state index in [1.165, 1.54) is 11.3 Å². The fraction of sp³-hybridized carbons (Fsp3) is 0.647. The molecule has 0 bridgehead atoms. The summed E-state index contributed by atoms with van der Waals surface area (Å²) in [6.45, 7) is 5.76. The third kappa shape index (κ3) is 3.50. The Hall–Kier alpha value is -1.76. The van der Waals surface area contributed by atoms with Gasteiger partial charge in [0.25, 0.3) is 0 Å². The van der Waals surface area contributed by atoms with Crippen molar-refractivity contribution in [3.05, 3.63) is 15.6 Å². The molecule has 2 aliphatic heterocycles. The highest BCUT2D eigenvalue weighted by atomic mass is 32.1. The van der Waals surface area contributed by atoms with Crippen molar-refractivity contribution in [1.29, 1.82) is 0 Å². The second-order valence-corrected chi connectivity index (χ2v) is 7.63. The summed E-state index contributed by atoms with van der Waals surface area (Å²) in [7, 11) is 0. The zero-order chi connectivity index (χ0) is 17.3. The van der Waals surface area contributed by atoms with Crippen LogP contribution in [0.3, 0.4) is 0 Å². The summed E-state index contributed by atoms with van der Waals surface area (Å²) in [5.41, 5.74) is 0.813. The minimum absolute atomic E-state index is 0.0449. The smallest absolute Gasteiger partial charge is 0.242 e. The highest BCUT2D eigenvalue weighted by molar-refractivity contribution is 7.13. The molecule has 0 N–H and O–H groups in total. The number of aromatic nitrogens is 1. The lowest BCUT2D eigenvalue weighted by atomic mass is 9.97. The Bertz CT molecular complexity index is 662. The van der Waals surface area contributed by atoms with E-state index in [1.807, 2.05) is 11.8 Å². The van der Waals surface area contributed by atoms with Gasteiger partial charge >= 0.3 is 0 Å². The summed E-state index contributed by atoms with van der Waals surface area (Å²) in [4.78, 5) is 44.4. The van der Waals surface area contributed by atoms with E-state index in [0.29, 0.717) is 32.0 Å². The van der Waals surface area contributed by atoms with E-state index in [2.05, 4.69) is 4.98 Å². The van der Waals surface area contributed by atoms with Crippen LogP contribution in [-0.2, 0) is 9.59 Å². The first-order valence-corrected chi connectivity index (χ1v) is 9.31. The standard InChI is InChI=1S/C17H23N3O3S/c1-11-16(12(2)21)24-17(18-11)13-5-8-19(9-6-13)15(23)10-20-7-3-4-14(20)22/h13H,3-10H2,1-2H3. The number of piperidine rings is 1. The summed E-state index contributed by atoms with van der Waals surface area (Å²) >= 11 is 1.49. The fourth-order valence-corrected chi connectivity index (χ4v) is 4.56. The maximum Gasteiger partial charge on any atom is 0.242 e. The Morgan fingerprint density at radius 3 is 2.50 bits per heavy atom. The van der Waals surface area contributed by atoms with Crippen LogP contribution in [0, 0.1) is 6.92 Å². The van der Waals surface area contributed by atoms with E-state index in [4.69, 9.17) is 0 Å². The highest BCUT2D eigenvalue weighted by Crippen LogP contribution is 2.32. The molecule has 0 spiro atoms. The first kappa shape index (κ1) is 17.1. The fourth-order valence-electron chi connectivity index (χ4n) is 3.43. The SMILES string of the molecule is CC(=O)c1sc(C2CCN(C(=O)CN3CCCC3=O)CC2)nc1C. The van der Waals surface area contributed by atoms with E-state index in [-0.39, 0.29) is 24.1 Å². The summed E-state index contributed by atoms with van der Waals surface area (Å²) in [6, 6.07) is 0. The number of ketones is 1. The molecule has 0 radical (unpaired) electrons. The van der Waals surface area contributed by atoms with Crippen molar-refractivity contribution in [1.82, 2.24) is 14.8 Å². The van der Waals surface area contributed by atoms with Crippen molar-refractivity contribution < 1.29 is 14.4 Å². The number of amides is 2. The van der Waals surface area contributed by atoms with Gasteiger partial charge in [0.1, 0.15) is 0 Å². The first-order chi connectivity index (χ1) is 11.5. The summed E-state index contributed by atoms with van der Waals surface area (Å²) < 4.78 is 0. The average molecular weight is 349 g/mol. The minimum atomic E-state index is 0.0449. The minimum Gasteiger partial charge on any atom is -0.341 e. The zero-order valence-corrected chi connectivity index (χ0v) is 15.0. The number of carbonyl (C=O) groups is 3. The summed E-state index contributed by atoms with van der Waals surface area (Å²) in [5, 5.41) is 1.01. The molecule has 0 saturated carbocycles. The maximum atomic E-state index is 12.4. The van der Waals surface area contributed by atoms with E-state index < -0.39 is 0 Å². The number of hydrogen-bond donors (Lipinski definition) is 0. The molecule has 1 aromatic heterocycles. The van der Waals surface area contributed by atoms with Crippen molar-refractivity contribution in [3.63, 3.8) is 0 Å². The number of nitrogens with zero attached hydrogens (tertiary/aromatic N) is 3. The van der Waals surface area contributed by atoms with Gasteiger partial charge in [0, 0.05) is 38.9 Å². The monoisotopic (exact) mass is 349 g/mol. The van der Waals surface area contributed by atoms with E-state index in [1.54, 1.807) is 11.8 Å². The molecule has 6 nitrogen and oxygen atoms in total. The Morgan fingerprint density at radius 1 is 1.25 bits per heavy atom. The normalized spacial score (nSPS) is 19.2. The van der Waals surface area contributed by atoms with Crippen molar-refractivity contribution in [3.8, 4) is 0 Å². The largest absolute Gasteiger partial charge is 0.341 e. The third-order valence-electron chi connectivity index (χ3n) is 4.83. The zero-order valence-electron chi connectivity index (χ0n) is 14.2. The lowest BCUT2D eigenvalue weighted by Crippen LogP contribution is -2.44. The Balaban J connectivity index is 1.55. The first-order valence-electron chi connectivity index (χ1n) is 8.49. The maximum absolute atomic E-state index is 12.4.